The quantitative estimate of drug-likeness (QED) is 0.905. The van der Waals surface area contributed by atoms with Gasteiger partial charge in [0.05, 0.1) is 5.56 Å². The van der Waals surface area contributed by atoms with Crippen molar-refractivity contribution in [3.8, 4) is 0 Å². The molecule has 0 radical (unpaired) electrons. The van der Waals surface area contributed by atoms with Crippen molar-refractivity contribution in [3.05, 3.63) is 29.8 Å². The van der Waals surface area contributed by atoms with Crippen LogP contribution in [0.5, 0.6) is 0 Å². The molecule has 1 atom stereocenters. The number of alkyl halides is 3. The van der Waals surface area contributed by atoms with E-state index in [0.29, 0.717) is 6.54 Å². The summed E-state index contributed by atoms with van der Waals surface area (Å²) in [7, 11) is 0. The van der Waals surface area contributed by atoms with Gasteiger partial charge in [0.15, 0.2) is 0 Å². The van der Waals surface area contributed by atoms with Gasteiger partial charge in [0.1, 0.15) is 6.04 Å². The number of likely N-dealkylation sites (N-methyl/N-ethyl adjacent to an activating group) is 1. The van der Waals surface area contributed by atoms with E-state index < -0.39 is 23.8 Å². The van der Waals surface area contributed by atoms with E-state index >= 15 is 0 Å². The van der Waals surface area contributed by atoms with Crippen molar-refractivity contribution in [1.82, 2.24) is 0 Å². The van der Waals surface area contributed by atoms with Crippen LogP contribution in [-0.4, -0.2) is 23.7 Å². The summed E-state index contributed by atoms with van der Waals surface area (Å²) < 4.78 is 37.7. The number of carboxylic acid groups (broad SMARTS) is 1. The topological polar surface area (TPSA) is 40.5 Å². The van der Waals surface area contributed by atoms with Gasteiger partial charge in [0.25, 0.3) is 0 Å². The van der Waals surface area contributed by atoms with Gasteiger partial charge in [-0.2, -0.15) is 13.2 Å². The summed E-state index contributed by atoms with van der Waals surface area (Å²) in [4.78, 5) is 12.3. The average Bonchev–Trinajstić information content (AvgIpc) is 2.29. The van der Waals surface area contributed by atoms with Crippen LogP contribution in [0.1, 0.15) is 19.4 Å². The minimum atomic E-state index is -4.43. The molecule has 0 heterocycles. The summed E-state index contributed by atoms with van der Waals surface area (Å²) in [6.45, 7) is 3.45. The van der Waals surface area contributed by atoms with Gasteiger partial charge in [-0.3, -0.25) is 0 Å². The fourth-order valence-corrected chi connectivity index (χ4v) is 1.67. The summed E-state index contributed by atoms with van der Waals surface area (Å²) in [5.41, 5.74) is -0.529. The lowest BCUT2D eigenvalue weighted by molar-refractivity contribution is -0.138. The Bertz CT molecular complexity index is 432. The summed E-state index contributed by atoms with van der Waals surface area (Å²) in [6.07, 6.45) is -4.43. The predicted octanol–water partition coefficient (Wildman–Crippen LogP) is 3.00. The number of carboxylic acids is 1. The molecular weight excluding hydrogens is 247 g/mol. The van der Waals surface area contributed by atoms with E-state index in [1.165, 1.54) is 24.0 Å². The summed E-state index contributed by atoms with van der Waals surface area (Å²) in [5, 5.41) is 8.91. The van der Waals surface area contributed by atoms with Crippen molar-refractivity contribution in [2.45, 2.75) is 26.1 Å². The van der Waals surface area contributed by atoms with E-state index in [4.69, 9.17) is 5.11 Å². The molecule has 0 saturated carbocycles. The van der Waals surface area contributed by atoms with Gasteiger partial charge >= 0.3 is 12.1 Å². The number of rotatable bonds is 4. The maximum Gasteiger partial charge on any atom is 0.416 e. The minimum absolute atomic E-state index is 0.252. The Balaban J connectivity index is 3.11. The molecule has 0 aliphatic heterocycles. The first-order valence-corrected chi connectivity index (χ1v) is 5.44. The highest BCUT2D eigenvalue weighted by atomic mass is 19.4. The Morgan fingerprint density at radius 2 is 2.06 bits per heavy atom. The molecule has 1 rings (SSSR count). The molecule has 0 unspecified atom stereocenters. The molecule has 3 nitrogen and oxygen atoms in total. The van der Waals surface area contributed by atoms with Crippen LogP contribution < -0.4 is 4.90 Å². The van der Waals surface area contributed by atoms with Gasteiger partial charge in [-0.15, -0.1) is 0 Å². The van der Waals surface area contributed by atoms with Gasteiger partial charge in [-0.25, -0.2) is 4.79 Å². The molecule has 6 heteroatoms. The second kappa shape index (κ2) is 5.29. The first-order valence-electron chi connectivity index (χ1n) is 5.44. The zero-order chi connectivity index (χ0) is 13.9. The zero-order valence-electron chi connectivity index (χ0n) is 10.0. The van der Waals surface area contributed by atoms with Gasteiger partial charge in [-0.05, 0) is 32.0 Å². The lowest BCUT2D eigenvalue weighted by Gasteiger charge is -2.27. The van der Waals surface area contributed by atoms with Crippen molar-refractivity contribution in [3.63, 3.8) is 0 Å². The largest absolute Gasteiger partial charge is 0.480 e. The Labute approximate surface area is 103 Å². The fourth-order valence-electron chi connectivity index (χ4n) is 1.67. The first-order chi connectivity index (χ1) is 8.27. The summed E-state index contributed by atoms with van der Waals surface area (Å²) in [5.74, 6) is -1.07. The molecule has 0 saturated heterocycles. The molecule has 0 spiro atoms. The Morgan fingerprint density at radius 1 is 1.44 bits per heavy atom. The van der Waals surface area contributed by atoms with E-state index in [0.717, 1.165) is 12.1 Å². The summed E-state index contributed by atoms with van der Waals surface area (Å²) in [6, 6.07) is 3.79. The molecule has 18 heavy (non-hydrogen) atoms. The van der Waals surface area contributed by atoms with Gasteiger partial charge in [0, 0.05) is 12.2 Å². The number of anilines is 1. The maximum absolute atomic E-state index is 12.6. The molecule has 0 aromatic heterocycles. The molecule has 1 N–H and O–H groups in total. The molecule has 0 aliphatic carbocycles. The third-order valence-corrected chi connectivity index (χ3v) is 2.67. The molecule has 100 valence electrons. The molecule has 0 amide bonds. The molecule has 0 fully saturated rings. The van der Waals surface area contributed by atoms with Crippen molar-refractivity contribution < 1.29 is 23.1 Å². The van der Waals surface area contributed by atoms with Crippen molar-refractivity contribution >= 4 is 11.7 Å². The number of benzene rings is 1. The second-order valence-electron chi connectivity index (χ2n) is 3.85. The maximum atomic E-state index is 12.6. The zero-order valence-corrected chi connectivity index (χ0v) is 10.0. The summed E-state index contributed by atoms with van der Waals surface area (Å²) >= 11 is 0. The molecule has 1 aromatic carbocycles. The monoisotopic (exact) mass is 261 g/mol. The first kappa shape index (κ1) is 14.3. The number of halogens is 3. The normalized spacial score (nSPS) is 13.2. The van der Waals surface area contributed by atoms with Crippen LogP contribution in [0.4, 0.5) is 18.9 Å². The van der Waals surface area contributed by atoms with Crippen molar-refractivity contribution in [2.75, 3.05) is 11.4 Å². The van der Waals surface area contributed by atoms with Crippen molar-refractivity contribution in [2.24, 2.45) is 0 Å². The standard InChI is InChI=1S/C12H14F3NO2/c1-3-16(8(2)11(17)18)10-6-4-5-9(7-10)12(13,14)15/h4-8H,3H2,1-2H3,(H,17,18)/t8-/m1/s1. The Morgan fingerprint density at radius 3 is 2.50 bits per heavy atom. The van der Waals surface area contributed by atoms with E-state index in [9.17, 15) is 18.0 Å². The van der Waals surface area contributed by atoms with Crippen LogP contribution in [0, 0.1) is 0 Å². The Kier molecular flexibility index (Phi) is 4.21. The lowest BCUT2D eigenvalue weighted by Crippen LogP contribution is -2.39. The molecular formula is C12H14F3NO2. The highest BCUT2D eigenvalue weighted by Gasteiger charge is 2.31. The van der Waals surface area contributed by atoms with E-state index in [-0.39, 0.29) is 5.69 Å². The molecule has 0 aliphatic rings. The third kappa shape index (κ3) is 3.15. The minimum Gasteiger partial charge on any atom is -0.480 e. The van der Waals surface area contributed by atoms with Gasteiger partial charge < -0.3 is 10.0 Å². The number of hydrogen-bond donors (Lipinski definition) is 1. The lowest BCUT2D eigenvalue weighted by atomic mass is 10.1. The van der Waals surface area contributed by atoms with Crippen LogP contribution in [0.2, 0.25) is 0 Å². The van der Waals surface area contributed by atoms with Gasteiger partial charge in [0.2, 0.25) is 0 Å². The SMILES string of the molecule is CCN(c1cccc(C(F)(F)F)c1)[C@H](C)C(=O)O. The number of hydrogen-bond acceptors (Lipinski definition) is 2. The van der Waals surface area contributed by atoms with Crippen LogP contribution in [0.3, 0.4) is 0 Å². The average molecular weight is 261 g/mol. The van der Waals surface area contributed by atoms with Crippen LogP contribution in [0.15, 0.2) is 24.3 Å². The number of aliphatic carboxylic acids is 1. The third-order valence-electron chi connectivity index (χ3n) is 2.67. The number of carbonyl (C=O) groups is 1. The van der Waals surface area contributed by atoms with E-state index in [1.54, 1.807) is 6.92 Å². The highest BCUT2D eigenvalue weighted by Crippen LogP contribution is 2.32. The van der Waals surface area contributed by atoms with Crippen LogP contribution in [-0.2, 0) is 11.0 Å². The van der Waals surface area contributed by atoms with E-state index in [1.807, 2.05) is 0 Å². The Hall–Kier alpha value is -1.72. The van der Waals surface area contributed by atoms with Crippen molar-refractivity contribution in [1.29, 1.82) is 0 Å². The number of nitrogens with zero attached hydrogens (tertiary/aromatic N) is 1. The smallest absolute Gasteiger partial charge is 0.416 e. The predicted molar refractivity (Wildman–Crippen MR) is 61.6 cm³/mol. The van der Waals surface area contributed by atoms with Gasteiger partial charge in [-0.1, -0.05) is 6.07 Å². The highest BCUT2D eigenvalue weighted by molar-refractivity contribution is 5.77. The molecule has 0 bridgehead atoms. The second-order valence-corrected chi connectivity index (χ2v) is 3.85. The van der Waals surface area contributed by atoms with E-state index in [2.05, 4.69) is 0 Å². The van der Waals surface area contributed by atoms with Crippen LogP contribution in [0.25, 0.3) is 0 Å². The molecule has 1 aromatic rings. The van der Waals surface area contributed by atoms with Crippen LogP contribution >= 0.6 is 0 Å². The fraction of sp³-hybridized carbons (Fsp3) is 0.417.